The van der Waals surface area contributed by atoms with E-state index in [1.165, 1.54) is 38.5 Å². The number of halogens is 4. The van der Waals surface area contributed by atoms with Crippen LogP contribution in [0.1, 0.15) is 54.9 Å². The second-order valence-corrected chi connectivity index (χ2v) is 20.5. The highest BCUT2D eigenvalue weighted by atomic mass is 19.1. The molecule has 89 heavy (non-hydrogen) atoms. The van der Waals surface area contributed by atoms with Crippen LogP contribution in [0.2, 0.25) is 0 Å². The van der Waals surface area contributed by atoms with Crippen LogP contribution in [0.25, 0.3) is 67.1 Å². The number of aromatic nitrogens is 14. The maximum absolute atomic E-state index is 16.1. The van der Waals surface area contributed by atoms with Gasteiger partial charge in [0.25, 0.3) is 0 Å². The van der Waals surface area contributed by atoms with Gasteiger partial charge in [0.15, 0.2) is 0 Å². The lowest BCUT2D eigenvalue weighted by molar-refractivity contribution is 0.0397. The Kier molecular flexibility index (Phi) is 16.8. The van der Waals surface area contributed by atoms with Crippen molar-refractivity contribution < 1.29 is 50.8 Å². The van der Waals surface area contributed by atoms with Gasteiger partial charge >= 0.3 is 11.9 Å². The summed E-state index contributed by atoms with van der Waals surface area (Å²) in [6.07, 6.45) is 13.1. The van der Waals surface area contributed by atoms with Crippen molar-refractivity contribution in [3.63, 3.8) is 0 Å². The van der Waals surface area contributed by atoms with Crippen molar-refractivity contribution in [1.82, 2.24) is 68.6 Å². The Hall–Kier alpha value is -10.9. The van der Waals surface area contributed by atoms with Gasteiger partial charge in [0.1, 0.15) is 48.1 Å². The number of hydrogen-bond acceptors (Lipinski definition) is 17. The molecule has 8 heterocycles. The SMILES string of the molecule is COCCn1c(Cc2cc(F)c(-c3cccc(OCc4cnc(-c5cnn(C)c5)cn4)n3)cc2F)nc2ccc(C(=O)OC(=O)c3ccc4nc(Cc5cc(F)c(-c6cccc(OCc7cnc(-c8cnn(C)c8)cn7)n6)cc5F)n(CCOC)c4c3)cc21. The zero-order valence-corrected chi connectivity index (χ0v) is 48.1. The third-order valence-corrected chi connectivity index (χ3v) is 14.5. The summed E-state index contributed by atoms with van der Waals surface area (Å²) in [6.45, 7) is 0.880. The molecule has 0 N–H and O–H groups in total. The summed E-state index contributed by atoms with van der Waals surface area (Å²) in [6, 6.07) is 22.8. The van der Waals surface area contributed by atoms with Gasteiger partial charge in [-0.15, -0.1) is 0 Å². The first-order chi connectivity index (χ1) is 43.2. The van der Waals surface area contributed by atoms with E-state index in [4.69, 9.17) is 33.7 Å². The number of esters is 2. The number of nitrogens with zero attached hydrogens (tertiary/aromatic N) is 14. The molecular formula is C64H52F4N14O7. The van der Waals surface area contributed by atoms with Crippen molar-refractivity contribution in [2.24, 2.45) is 14.1 Å². The molecule has 0 aliphatic carbocycles. The first-order valence-electron chi connectivity index (χ1n) is 27.7. The Morgan fingerprint density at radius 3 is 1.33 bits per heavy atom. The molecule has 0 atom stereocenters. The first-order valence-corrected chi connectivity index (χ1v) is 27.7. The van der Waals surface area contributed by atoms with Crippen LogP contribution in [0.15, 0.2) is 147 Å². The second kappa shape index (κ2) is 25.6. The highest BCUT2D eigenvalue weighted by Crippen LogP contribution is 2.32. The summed E-state index contributed by atoms with van der Waals surface area (Å²) in [4.78, 5) is 63.6. The molecular weight excluding hydrogens is 1150 g/mol. The van der Waals surface area contributed by atoms with Crippen molar-refractivity contribution in [3.8, 4) is 56.8 Å². The Morgan fingerprint density at radius 1 is 0.483 bits per heavy atom. The van der Waals surface area contributed by atoms with Crippen LogP contribution in [0.4, 0.5) is 17.6 Å². The van der Waals surface area contributed by atoms with Gasteiger partial charge in [0.2, 0.25) is 11.8 Å². The Balaban J connectivity index is 0.715. The number of carbonyl (C=O) groups excluding carboxylic acids is 2. The van der Waals surface area contributed by atoms with E-state index in [0.717, 1.165) is 35.4 Å². The monoisotopic (exact) mass is 1200 g/mol. The lowest BCUT2D eigenvalue weighted by Crippen LogP contribution is -2.14. The number of methoxy groups -OCH3 is 2. The standard InChI is InChI=1S/C64H52F4N14O7/c1-79-33-41(27-73-79)55-31-69-43(29-71-55)35-87-61-9-5-7-51(77-61)45-25-47(65)39(19-49(45)67)23-59-75-53-13-11-37(21-57(53)81(59)15-17-85-3)63(83)89-64(84)38-12-14-54-58(22-38)82(16-18-86-4)60(76-54)24-40-20-50(68)46(26-48(40)66)52-8-6-10-62(78-52)88-36-44-30-72-56(32-70-44)42-28-74-80(2)34-42/h5-14,19-22,25-34H,15-18,23-24,35-36H2,1-4H3. The molecule has 0 bridgehead atoms. The normalized spacial score (nSPS) is 11.5. The zero-order valence-electron chi connectivity index (χ0n) is 48.1. The van der Waals surface area contributed by atoms with Crippen LogP contribution in [0.3, 0.4) is 0 Å². The predicted molar refractivity (Wildman–Crippen MR) is 315 cm³/mol. The number of hydrogen-bond donors (Lipinski definition) is 0. The summed E-state index contributed by atoms with van der Waals surface area (Å²) < 4.78 is 98.9. The van der Waals surface area contributed by atoms with Crippen LogP contribution < -0.4 is 9.47 Å². The quantitative estimate of drug-likeness (QED) is 0.0349. The number of aryl methyl sites for hydroxylation is 2. The Bertz CT molecular complexity index is 4320. The summed E-state index contributed by atoms with van der Waals surface area (Å²) in [5, 5.41) is 8.31. The molecule has 0 amide bonds. The number of fused-ring (bicyclic) bond motifs is 2. The molecule has 0 saturated heterocycles. The number of rotatable bonds is 22. The molecule has 12 rings (SSSR count). The minimum Gasteiger partial charge on any atom is -0.471 e. The van der Waals surface area contributed by atoms with Crippen LogP contribution in [-0.4, -0.2) is 108 Å². The molecule has 0 fully saturated rings. The Morgan fingerprint density at radius 2 is 0.933 bits per heavy atom. The fourth-order valence-corrected chi connectivity index (χ4v) is 9.97. The predicted octanol–water partition coefficient (Wildman–Crippen LogP) is 10.1. The minimum absolute atomic E-state index is 0.00302. The van der Waals surface area contributed by atoms with E-state index in [0.29, 0.717) is 56.5 Å². The molecule has 0 aliphatic heterocycles. The van der Waals surface area contributed by atoms with E-state index in [1.807, 2.05) is 12.4 Å². The van der Waals surface area contributed by atoms with Crippen molar-refractivity contribution in [3.05, 3.63) is 215 Å². The molecule has 8 aromatic heterocycles. The minimum atomic E-state index is -0.976. The van der Waals surface area contributed by atoms with Gasteiger partial charge in [-0.3, -0.25) is 29.3 Å². The van der Waals surface area contributed by atoms with Gasteiger partial charge in [-0.2, -0.15) is 10.2 Å². The van der Waals surface area contributed by atoms with Crippen LogP contribution in [-0.2, 0) is 67.5 Å². The molecule has 4 aromatic carbocycles. The summed E-state index contributed by atoms with van der Waals surface area (Å²) >= 11 is 0. The highest BCUT2D eigenvalue weighted by Gasteiger charge is 2.24. The highest BCUT2D eigenvalue weighted by molar-refractivity contribution is 6.05. The van der Waals surface area contributed by atoms with Crippen LogP contribution in [0, 0.1) is 23.3 Å². The molecule has 12 aromatic rings. The van der Waals surface area contributed by atoms with E-state index in [-0.39, 0.29) is 109 Å². The van der Waals surface area contributed by atoms with Gasteiger partial charge in [-0.05, 0) is 83.9 Å². The van der Waals surface area contributed by atoms with E-state index in [1.54, 1.807) is 118 Å². The summed E-state index contributed by atoms with van der Waals surface area (Å²) in [5.74, 6) is -3.83. The number of pyridine rings is 2. The van der Waals surface area contributed by atoms with E-state index >= 15 is 17.6 Å². The average Bonchev–Trinajstić information content (AvgIpc) is 1.98. The number of benzene rings is 4. The molecule has 0 saturated carbocycles. The third-order valence-electron chi connectivity index (χ3n) is 14.5. The van der Waals surface area contributed by atoms with Crippen molar-refractivity contribution in [1.29, 1.82) is 0 Å². The van der Waals surface area contributed by atoms with Crippen molar-refractivity contribution >= 4 is 34.0 Å². The van der Waals surface area contributed by atoms with E-state index in [9.17, 15) is 9.59 Å². The topological polar surface area (TPSA) is 229 Å². The molecule has 448 valence electrons. The fraction of sp³-hybridized carbons (Fsp3) is 0.188. The lowest BCUT2D eigenvalue weighted by atomic mass is 10.0. The number of ether oxygens (including phenoxy) is 5. The number of imidazole rings is 2. The maximum atomic E-state index is 16.1. The average molecular weight is 1210 g/mol. The van der Waals surface area contributed by atoms with E-state index in [2.05, 4.69) is 40.1 Å². The van der Waals surface area contributed by atoms with Crippen molar-refractivity contribution in [2.45, 2.75) is 39.1 Å². The summed E-state index contributed by atoms with van der Waals surface area (Å²) in [7, 11) is 6.63. The zero-order chi connectivity index (χ0) is 61.7. The van der Waals surface area contributed by atoms with E-state index < -0.39 is 35.2 Å². The molecule has 0 aliphatic rings. The maximum Gasteiger partial charge on any atom is 0.346 e. The van der Waals surface area contributed by atoms with Crippen molar-refractivity contribution in [2.75, 3.05) is 27.4 Å². The molecule has 0 radical (unpaired) electrons. The Labute approximate surface area is 504 Å². The largest absolute Gasteiger partial charge is 0.471 e. The smallest absolute Gasteiger partial charge is 0.346 e. The lowest BCUT2D eigenvalue weighted by Gasteiger charge is -2.12. The van der Waals surface area contributed by atoms with Gasteiger partial charge in [0.05, 0.1) is 118 Å². The fourth-order valence-electron chi connectivity index (χ4n) is 9.97. The first kappa shape index (κ1) is 58.5. The van der Waals surface area contributed by atoms with Crippen LogP contribution >= 0.6 is 0 Å². The van der Waals surface area contributed by atoms with Crippen LogP contribution in [0.5, 0.6) is 11.8 Å². The van der Waals surface area contributed by atoms with Gasteiger partial charge in [0, 0.05) is 101 Å². The molecule has 0 spiro atoms. The third kappa shape index (κ3) is 13.0. The number of carbonyl (C=O) groups is 2. The molecule has 0 unspecified atom stereocenters. The van der Waals surface area contributed by atoms with Gasteiger partial charge < -0.3 is 32.8 Å². The summed E-state index contributed by atoms with van der Waals surface area (Å²) in [5.41, 5.74) is 5.82. The second-order valence-electron chi connectivity index (χ2n) is 20.5. The molecule has 21 nitrogen and oxygen atoms in total. The van der Waals surface area contributed by atoms with Gasteiger partial charge in [-0.1, -0.05) is 12.1 Å². The van der Waals surface area contributed by atoms with Gasteiger partial charge in [-0.25, -0.2) is 47.1 Å². The molecule has 25 heteroatoms.